The van der Waals surface area contributed by atoms with E-state index in [2.05, 4.69) is 20.8 Å². The lowest BCUT2D eigenvalue weighted by Gasteiger charge is -2.32. The maximum atomic E-state index is 11.7. The standard InChI is InChI=1S/C26H47NO6S/c1-4-7-10-15-20-31-26(32-21-16-11-8-5-2,33-22-17-12-9-6-3)23-27-24-18-13-14-19-25(24)34(28,29)30/h13-14,18-19,27H,4-12,15-17,20-23H2,1-3H3,(H,28,29,30). The molecular weight excluding hydrogens is 454 g/mol. The third kappa shape index (κ3) is 13.2. The summed E-state index contributed by atoms with van der Waals surface area (Å²) in [5, 5.41) is 1.69. The molecule has 0 bridgehead atoms. The summed E-state index contributed by atoms with van der Waals surface area (Å²) in [4.78, 5) is -0.238. The van der Waals surface area contributed by atoms with E-state index in [9.17, 15) is 13.0 Å². The van der Waals surface area contributed by atoms with Crippen LogP contribution in [0.4, 0.5) is 5.69 Å². The molecule has 0 aliphatic rings. The maximum absolute atomic E-state index is 11.7. The molecular formula is C26H47NO6S. The molecule has 0 spiro atoms. The smallest absolute Gasteiger partial charge is 0.335 e. The van der Waals surface area contributed by atoms with Crippen molar-refractivity contribution in [2.24, 2.45) is 0 Å². The Morgan fingerprint density at radius 2 is 1.18 bits per heavy atom. The van der Waals surface area contributed by atoms with E-state index in [0.717, 1.165) is 77.0 Å². The molecule has 8 heteroatoms. The van der Waals surface area contributed by atoms with Gasteiger partial charge >= 0.3 is 5.97 Å². The Balaban J connectivity index is 2.97. The molecule has 0 heterocycles. The lowest BCUT2D eigenvalue weighted by atomic mass is 10.2. The molecule has 34 heavy (non-hydrogen) atoms. The van der Waals surface area contributed by atoms with E-state index in [-0.39, 0.29) is 11.4 Å². The molecule has 0 saturated carbocycles. The zero-order valence-electron chi connectivity index (χ0n) is 21.6. The molecule has 2 N–H and O–H groups in total. The van der Waals surface area contributed by atoms with Crippen LogP contribution in [-0.4, -0.2) is 45.3 Å². The number of ether oxygens (including phenoxy) is 3. The number of nitrogens with two attached hydrogens (primary N) is 1. The van der Waals surface area contributed by atoms with Gasteiger partial charge in [0.1, 0.15) is 20.7 Å². The number of quaternary nitrogens is 1. The molecule has 0 saturated heterocycles. The highest BCUT2D eigenvalue weighted by Crippen LogP contribution is 2.20. The summed E-state index contributed by atoms with van der Waals surface area (Å²) in [6.45, 7) is 8.20. The quantitative estimate of drug-likeness (QED) is 0.101. The van der Waals surface area contributed by atoms with Gasteiger partial charge in [-0.15, -0.1) is 0 Å². The molecule has 0 atom stereocenters. The zero-order chi connectivity index (χ0) is 25.1. The van der Waals surface area contributed by atoms with Gasteiger partial charge in [0, 0.05) is 6.07 Å². The van der Waals surface area contributed by atoms with Gasteiger partial charge in [-0.1, -0.05) is 90.7 Å². The van der Waals surface area contributed by atoms with Gasteiger partial charge in [-0.25, -0.2) is 8.42 Å². The Morgan fingerprint density at radius 3 is 1.59 bits per heavy atom. The molecule has 1 aromatic rings. The first kappa shape index (κ1) is 31.0. The first-order valence-electron chi connectivity index (χ1n) is 13.2. The minimum Gasteiger partial charge on any atom is -0.744 e. The Bertz CT molecular complexity index is 705. The van der Waals surface area contributed by atoms with E-state index < -0.39 is 16.1 Å². The average Bonchev–Trinajstić information content (AvgIpc) is 2.82. The van der Waals surface area contributed by atoms with Crippen LogP contribution in [0.5, 0.6) is 0 Å². The van der Waals surface area contributed by atoms with Gasteiger partial charge in [0.25, 0.3) is 0 Å². The fourth-order valence-corrected chi connectivity index (χ4v) is 4.37. The molecule has 0 aliphatic carbocycles. The first-order valence-corrected chi connectivity index (χ1v) is 14.6. The van der Waals surface area contributed by atoms with Crippen molar-refractivity contribution < 1.29 is 32.5 Å². The molecule has 7 nitrogen and oxygen atoms in total. The maximum Gasteiger partial charge on any atom is 0.335 e. The van der Waals surface area contributed by atoms with Gasteiger partial charge in [-0.2, -0.15) is 0 Å². The molecule has 0 fully saturated rings. The molecule has 0 amide bonds. The second-order valence-corrected chi connectivity index (χ2v) is 10.2. The Kier molecular flexibility index (Phi) is 16.7. The largest absolute Gasteiger partial charge is 0.744 e. The molecule has 0 aliphatic heterocycles. The normalized spacial score (nSPS) is 12.4. The van der Waals surface area contributed by atoms with E-state index in [1.807, 2.05) is 0 Å². The van der Waals surface area contributed by atoms with Crippen LogP contribution >= 0.6 is 0 Å². The summed E-state index contributed by atoms with van der Waals surface area (Å²) < 4.78 is 53.9. The monoisotopic (exact) mass is 501 g/mol. The van der Waals surface area contributed by atoms with Gasteiger partial charge in [0.15, 0.2) is 6.54 Å². The van der Waals surface area contributed by atoms with E-state index in [1.54, 1.807) is 23.5 Å². The zero-order valence-corrected chi connectivity index (χ0v) is 22.4. The van der Waals surface area contributed by atoms with Crippen LogP contribution in [0.15, 0.2) is 29.2 Å². The van der Waals surface area contributed by atoms with Crippen LogP contribution in [0.2, 0.25) is 0 Å². The molecule has 198 valence electrons. The van der Waals surface area contributed by atoms with Crippen molar-refractivity contribution >= 4 is 15.8 Å². The SMILES string of the molecule is CCCCCCOC(C[NH2+]c1ccccc1S(=O)(=O)[O-])(OCCCCCC)OCCCCCC. The van der Waals surface area contributed by atoms with Crippen molar-refractivity contribution in [1.82, 2.24) is 0 Å². The Labute approximate surface area is 207 Å². The van der Waals surface area contributed by atoms with E-state index in [4.69, 9.17) is 14.2 Å². The lowest BCUT2D eigenvalue weighted by molar-refractivity contribution is -0.627. The topological polar surface area (TPSA) is 102 Å². The predicted octanol–water partition coefficient (Wildman–Crippen LogP) is 5.23. The first-order chi connectivity index (χ1) is 16.4. The number of para-hydroxylation sites is 1. The highest BCUT2D eigenvalue weighted by atomic mass is 32.2. The fraction of sp³-hybridized carbons (Fsp3) is 0.769. The molecule has 1 rings (SSSR count). The minimum absolute atomic E-state index is 0.203. The lowest BCUT2D eigenvalue weighted by Crippen LogP contribution is -2.84. The van der Waals surface area contributed by atoms with Gasteiger partial charge in [-0.05, 0) is 25.3 Å². The van der Waals surface area contributed by atoms with E-state index in [1.165, 1.54) is 6.07 Å². The number of hydrogen-bond acceptors (Lipinski definition) is 6. The van der Waals surface area contributed by atoms with Crippen molar-refractivity contribution in [1.29, 1.82) is 0 Å². The molecule has 1 aromatic carbocycles. The highest BCUT2D eigenvalue weighted by molar-refractivity contribution is 7.85. The van der Waals surface area contributed by atoms with Gasteiger partial charge < -0.3 is 24.1 Å². The third-order valence-corrected chi connectivity index (χ3v) is 6.63. The molecule has 0 unspecified atom stereocenters. The number of benzene rings is 1. The summed E-state index contributed by atoms with van der Waals surface area (Å²) in [6.07, 6.45) is 12.8. The second kappa shape index (κ2) is 18.3. The van der Waals surface area contributed by atoms with Crippen LogP contribution in [0.3, 0.4) is 0 Å². The van der Waals surface area contributed by atoms with Crippen molar-refractivity contribution in [2.75, 3.05) is 26.4 Å². The summed E-state index contributed by atoms with van der Waals surface area (Å²) >= 11 is 0. The summed E-state index contributed by atoms with van der Waals surface area (Å²) in [7, 11) is -4.59. The van der Waals surface area contributed by atoms with Crippen molar-refractivity contribution in [3.05, 3.63) is 24.3 Å². The van der Waals surface area contributed by atoms with Crippen molar-refractivity contribution in [3.8, 4) is 0 Å². The highest BCUT2D eigenvalue weighted by Gasteiger charge is 2.37. The van der Waals surface area contributed by atoms with Crippen LogP contribution in [-0.2, 0) is 24.3 Å². The van der Waals surface area contributed by atoms with Crippen LogP contribution in [0.25, 0.3) is 0 Å². The van der Waals surface area contributed by atoms with Crippen LogP contribution in [0, 0.1) is 0 Å². The molecule has 0 radical (unpaired) electrons. The van der Waals surface area contributed by atoms with Gasteiger partial charge in [-0.3, -0.25) is 0 Å². The number of rotatable bonds is 22. The van der Waals surface area contributed by atoms with Crippen molar-refractivity contribution in [3.63, 3.8) is 0 Å². The number of hydrogen-bond donors (Lipinski definition) is 1. The second-order valence-electron chi connectivity index (χ2n) is 8.81. The predicted molar refractivity (Wildman–Crippen MR) is 134 cm³/mol. The average molecular weight is 502 g/mol. The van der Waals surface area contributed by atoms with Gasteiger partial charge in [0.05, 0.1) is 19.8 Å². The third-order valence-electron chi connectivity index (χ3n) is 5.72. The van der Waals surface area contributed by atoms with E-state index >= 15 is 0 Å². The van der Waals surface area contributed by atoms with Crippen LogP contribution in [0.1, 0.15) is 97.8 Å². The molecule has 0 aromatic heterocycles. The summed E-state index contributed by atoms with van der Waals surface area (Å²) in [5.41, 5.74) is 0.348. The Morgan fingerprint density at radius 1 is 0.735 bits per heavy atom. The van der Waals surface area contributed by atoms with Crippen LogP contribution < -0.4 is 5.32 Å². The summed E-state index contributed by atoms with van der Waals surface area (Å²) in [5.74, 6) is -1.29. The summed E-state index contributed by atoms with van der Waals surface area (Å²) in [6, 6.07) is 6.22. The number of unbranched alkanes of at least 4 members (excludes halogenated alkanes) is 9. The Hall–Kier alpha value is -1.03. The van der Waals surface area contributed by atoms with Crippen molar-refractivity contribution in [2.45, 2.75) is 109 Å². The fourth-order valence-electron chi connectivity index (χ4n) is 3.68. The van der Waals surface area contributed by atoms with Gasteiger partial charge in [0.2, 0.25) is 0 Å². The minimum atomic E-state index is -4.59. The van der Waals surface area contributed by atoms with E-state index in [0.29, 0.717) is 25.5 Å².